The number of aromatic nitrogens is 2. The Hall–Kier alpha value is -2.40. The molecule has 0 spiro atoms. The quantitative estimate of drug-likeness (QED) is 0.611. The van der Waals surface area contributed by atoms with Crippen molar-refractivity contribution in [2.45, 2.75) is 20.8 Å². The fraction of sp³-hybridized carbons (Fsp3) is 0.158. The molecule has 122 valence electrons. The molecule has 0 aliphatic carbocycles. The zero-order valence-electron chi connectivity index (χ0n) is 13.9. The fourth-order valence-corrected chi connectivity index (χ4v) is 2.91. The van der Waals surface area contributed by atoms with E-state index in [0.717, 1.165) is 27.4 Å². The molecule has 3 aromatic rings. The van der Waals surface area contributed by atoms with Crippen LogP contribution in [0.25, 0.3) is 0 Å². The molecule has 0 aliphatic rings. The maximum absolute atomic E-state index is 4.56. The van der Waals surface area contributed by atoms with Crippen LogP contribution in [0, 0.1) is 20.8 Å². The van der Waals surface area contributed by atoms with Crippen LogP contribution in [0.15, 0.2) is 53.0 Å². The Labute approximate surface area is 150 Å². The van der Waals surface area contributed by atoms with Crippen molar-refractivity contribution < 1.29 is 0 Å². The molecule has 2 N–H and O–H groups in total. The predicted octanol–water partition coefficient (Wildman–Crippen LogP) is 5.65. The van der Waals surface area contributed by atoms with E-state index in [0.29, 0.717) is 5.95 Å². The van der Waals surface area contributed by atoms with Crippen molar-refractivity contribution in [1.29, 1.82) is 0 Å². The number of benzene rings is 2. The topological polar surface area (TPSA) is 49.8 Å². The van der Waals surface area contributed by atoms with E-state index in [1.165, 1.54) is 11.1 Å². The van der Waals surface area contributed by atoms with Crippen LogP contribution in [0.3, 0.4) is 0 Å². The van der Waals surface area contributed by atoms with E-state index in [1.807, 2.05) is 31.2 Å². The van der Waals surface area contributed by atoms with Gasteiger partial charge in [0.2, 0.25) is 5.95 Å². The highest BCUT2D eigenvalue weighted by Gasteiger charge is 2.06. The van der Waals surface area contributed by atoms with Gasteiger partial charge in [-0.05, 0) is 66.5 Å². The second-order valence-corrected chi connectivity index (χ2v) is 6.67. The van der Waals surface area contributed by atoms with Gasteiger partial charge in [0.1, 0.15) is 5.82 Å². The second kappa shape index (κ2) is 7.01. The number of anilines is 4. The molecule has 0 fully saturated rings. The van der Waals surface area contributed by atoms with Gasteiger partial charge >= 0.3 is 0 Å². The van der Waals surface area contributed by atoms with Crippen LogP contribution in [0.1, 0.15) is 16.8 Å². The van der Waals surface area contributed by atoms with Crippen LogP contribution in [0.2, 0.25) is 0 Å². The molecule has 0 aliphatic heterocycles. The highest BCUT2D eigenvalue weighted by molar-refractivity contribution is 9.10. The van der Waals surface area contributed by atoms with Gasteiger partial charge in [0, 0.05) is 21.9 Å². The molecule has 0 saturated heterocycles. The Kier molecular flexibility index (Phi) is 4.81. The van der Waals surface area contributed by atoms with Crippen molar-refractivity contribution in [3.63, 3.8) is 0 Å². The van der Waals surface area contributed by atoms with Crippen LogP contribution < -0.4 is 10.6 Å². The van der Waals surface area contributed by atoms with E-state index in [4.69, 9.17) is 0 Å². The molecule has 0 bridgehead atoms. The minimum atomic E-state index is 0.574. The number of hydrogen-bond acceptors (Lipinski definition) is 4. The second-order valence-electron chi connectivity index (χ2n) is 5.82. The summed E-state index contributed by atoms with van der Waals surface area (Å²) in [6.45, 7) is 6.08. The minimum absolute atomic E-state index is 0.574. The number of halogens is 1. The molecular formula is C19H19BrN4. The molecule has 5 heteroatoms. The van der Waals surface area contributed by atoms with Crippen molar-refractivity contribution >= 4 is 39.1 Å². The third-order valence-corrected chi connectivity index (χ3v) is 4.21. The molecule has 0 radical (unpaired) electrons. The van der Waals surface area contributed by atoms with Gasteiger partial charge in [-0.25, -0.2) is 4.98 Å². The Balaban J connectivity index is 1.84. The summed E-state index contributed by atoms with van der Waals surface area (Å²) >= 11 is 3.58. The lowest BCUT2D eigenvalue weighted by Crippen LogP contribution is -2.02. The summed E-state index contributed by atoms with van der Waals surface area (Å²) in [5, 5.41) is 6.59. The van der Waals surface area contributed by atoms with Crippen molar-refractivity contribution in [2.24, 2.45) is 0 Å². The van der Waals surface area contributed by atoms with Crippen molar-refractivity contribution in [3.05, 3.63) is 69.8 Å². The molecule has 1 heterocycles. The number of hydrogen-bond donors (Lipinski definition) is 2. The molecular weight excluding hydrogens is 364 g/mol. The smallest absolute Gasteiger partial charge is 0.229 e. The number of rotatable bonds is 4. The third-order valence-electron chi connectivity index (χ3n) is 3.55. The Morgan fingerprint density at radius 3 is 2.21 bits per heavy atom. The normalized spacial score (nSPS) is 10.5. The Morgan fingerprint density at radius 1 is 0.792 bits per heavy atom. The Morgan fingerprint density at radius 2 is 1.50 bits per heavy atom. The molecule has 1 aromatic heterocycles. The summed E-state index contributed by atoms with van der Waals surface area (Å²) < 4.78 is 1.01. The lowest BCUT2D eigenvalue weighted by Gasteiger charge is -2.11. The van der Waals surface area contributed by atoms with Gasteiger partial charge < -0.3 is 10.6 Å². The Bertz CT molecular complexity index is 860. The van der Waals surface area contributed by atoms with Crippen LogP contribution in [-0.2, 0) is 0 Å². The van der Waals surface area contributed by atoms with Gasteiger partial charge in [0.25, 0.3) is 0 Å². The van der Waals surface area contributed by atoms with Gasteiger partial charge in [-0.2, -0.15) is 4.98 Å². The zero-order chi connectivity index (χ0) is 17.1. The van der Waals surface area contributed by atoms with Gasteiger partial charge in [-0.3, -0.25) is 0 Å². The molecule has 2 aromatic carbocycles. The summed E-state index contributed by atoms with van der Waals surface area (Å²) in [7, 11) is 0. The van der Waals surface area contributed by atoms with Gasteiger partial charge in [-0.1, -0.05) is 23.8 Å². The van der Waals surface area contributed by atoms with Crippen molar-refractivity contribution in [3.8, 4) is 0 Å². The van der Waals surface area contributed by atoms with Gasteiger partial charge in [0.05, 0.1) is 5.69 Å². The van der Waals surface area contributed by atoms with E-state index >= 15 is 0 Å². The van der Waals surface area contributed by atoms with E-state index < -0.39 is 0 Å². The summed E-state index contributed by atoms with van der Waals surface area (Å²) in [5.74, 6) is 1.33. The van der Waals surface area contributed by atoms with Gasteiger partial charge in [0.15, 0.2) is 0 Å². The molecule has 24 heavy (non-hydrogen) atoms. The molecule has 0 saturated carbocycles. The van der Waals surface area contributed by atoms with E-state index in [-0.39, 0.29) is 0 Å². The monoisotopic (exact) mass is 382 g/mol. The first-order chi connectivity index (χ1) is 11.5. The van der Waals surface area contributed by atoms with Crippen LogP contribution >= 0.6 is 15.9 Å². The van der Waals surface area contributed by atoms with Gasteiger partial charge in [-0.15, -0.1) is 0 Å². The van der Waals surface area contributed by atoms with Crippen LogP contribution in [0.4, 0.5) is 23.1 Å². The van der Waals surface area contributed by atoms with Crippen LogP contribution in [-0.4, -0.2) is 9.97 Å². The fourth-order valence-electron chi connectivity index (χ4n) is 2.31. The van der Waals surface area contributed by atoms with Crippen molar-refractivity contribution in [2.75, 3.05) is 10.6 Å². The minimum Gasteiger partial charge on any atom is -0.339 e. The highest BCUT2D eigenvalue weighted by Crippen LogP contribution is 2.27. The molecule has 0 atom stereocenters. The summed E-state index contributed by atoms with van der Waals surface area (Å²) in [5.41, 5.74) is 5.25. The predicted molar refractivity (Wildman–Crippen MR) is 103 cm³/mol. The lowest BCUT2D eigenvalue weighted by atomic mass is 10.2. The third kappa shape index (κ3) is 4.11. The highest BCUT2D eigenvalue weighted by atomic mass is 79.9. The first-order valence-corrected chi connectivity index (χ1v) is 8.51. The number of nitrogens with zero attached hydrogens (tertiary/aromatic N) is 2. The number of nitrogens with one attached hydrogen (secondary N) is 2. The maximum atomic E-state index is 4.56. The average Bonchev–Trinajstić information content (AvgIpc) is 2.52. The van der Waals surface area contributed by atoms with E-state index in [1.54, 1.807) is 0 Å². The maximum Gasteiger partial charge on any atom is 0.229 e. The van der Waals surface area contributed by atoms with E-state index in [2.05, 4.69) is 74.6 Å². The zero-order valence-corrected chi connectivity index (χ0v) is 15.5. The summed E-state index contributed by atoms with van der Waals surface area (Å²) in [6, 6.07) is 16.2. The van der Waals surface area contributed by atoms with Crippen LogP contribution in [0.5, 0.6) is 0 Å². The molecule has 4 nitrogen and oxygen atoms in total. The first kappa shape index (κ1) is 16.5. The largest absolute Gasteiger partial charge is 0.339 e. The number of aryl methyl sites for hydroxylation is 3. The lowest BCUT2D eigenvalue weighted by molar-refractivity contribution is 1.11. The molecule has 0 unspecified atom stereocenters. The molecule has 0 amide bonds. The summed E-state index contributed by atoms with van der Waals surface area (Å²) in [4.78, 5) is 9.01. The summed E-state index contributed by atoms with van der Waals surface area (Å²) in [6.07, 6.45) is 0. The van der Waals surface area contributed by atoms with Crippen molar-refractivity contribution in [1.82, 2.24) is 9.97 Å². The first-order valence-electron chi connectivity index (χ1n) is 7.72. The van der Waals surface area contributed by atoms with E-state index in [9.17, 15) is 0 Å². The SMILES string of the molecule is Cc1ccc(Nc2nc(C)cc(Nc3ccc(C)cc3Br)n2)cc1. The molecule has 3 rings (SSSR count). The standard InChI is InChI=1S/C19H19BrN4/c1-12-4-7-15(8-5-12)22-19-21-14(3)11-18(24-19)23-17-9-6-13(2)10-16(17)20/h4-11H,1-3H3,(H2,21,22,23,24). The average molecular weight is 383 g/mol.